The van der Waals surface area contributed by atoms with E-state index in [4.69, 9.17) is 16.0 Å². The van der Waals surface area contributed by atoms with Crippen LogP contribution in [0.3, 0.4) is 0 Å². The van der Waals surface area contributed by atoms with E-state index in [1.54, 1.807) is 0 Å². The Bertz CT molecular complexity index is 649. The Balaban J connectivity index is 2.01. The Morgan fingerprint density at radius 3 is 2.43 bits per heavy atom. The van der Waals surface area contributed by atoms with Crippen LogP contribution in [0.25, 0.3) is 11.3 Å². The van der Waals surface area contributed by atoms with Crippen molar-refractivity contribution in [1.29, 1.82) is 0 Å². The first-order valence-corrected chi connectivity index (χ1v) is 8.22. The third-order valence-electron chi connectivity index (χ3n) is 3.81. The van der Waals surface area contributed by atoms with Gasteiger partial charge in [-0.25, -0.2) is 0 Å². The number of nitrogens with one attached hydrogen (secondary N) is 2. The molecule has 1 aromatic carbocycles. The lowest BCUT2D eigenvalue weighted by Gasteiger charge is -2.21. The highest BCUT2D eigenvalue weighted by atomic mass is 35.5. The highest BCUT2D eigenvalue weighted by Gasteiger charge is 2.23. The maximum atomic E-state index is 12.1. The van der Waals surface area contributed by atoms with Gasteiger partial charge in [-0.15, -0.1) is 0 Å². The Labute approximate surface area is 142 Å². The second-order valence-corrected chi connectivity index (χ2v) is 6.62. The topological polar surface area (TPSA) is 46.7 Å². The van der Waals surface area contributed by atoms with Gasteiger partial charge in [-0.3, -0.25) is 4.79 Å². The number of hydrogen-bond donors (Lipinski definition) is 2. The molecule has 1 heterocycles. The zero-order chi connectivity index (χ0) is 17.0. The van der Waals surface area contributed by atoms with Crippen molar-refractivity contribution in [3.05, 3.63) is 47.2 Å². The van der Waals surface area contributed by atoms with Gasteiger partial charge in [0.25, 0.3) is 5.91 Å². The molecule has 124 valence electrons. The molecule has 2 aromatic rings. The van der Waals surface area contributed by atoms with Crippen molar-refractivity contribution in [2.45, 2.75) is 39.4 Å². The number of halogens is 1. The van der Waals surface area contributed by atoms with Crippen LogP contribution < -0.4 is 10.2 Å². The molecule has 4 nitrogen and oxygen atoms in total. The molecule has 0 saturated carbocycles. The molecule has 0 radical (unpaired) electrons. The van der Waals surface area contributed by atoms with E-state index >= 15 is 0 Å². The predicted octanol–water partition coefficient (Wildman–Crippen LogP) is 2.53. The van der Waals surface area contributed by atoms with E-state index in [1.807, 2.05) is 64.2 Å². The fourth-order valence-electron chi connectivity index (χ4n) is 2.30. The highest BCUT2D eigenvalue weighted by molar-refractivity contribution is 6.30. The van der Waals surface area contributed by atoms with Crippen molar-refractivity contribution in [2.24, 2.45) is 0 Å². The van der Waals surface area contributed by atoms with E-state index in [0.717, 1.165) is 22.0 Å². The standard InChI is InChI=1S/C18H23ClN2O2/c1-12(2)20-18(22)13(3)21(4)11-16-9-10-17(23-16)14-5-7-15(19)8-6-14/h5-10,12-13H,11H2,1-4H3,(H,20,22)/p+1/t13-/m1/s1. The van der Waals surface area contributed by atoms with Crippen molar-refractivity contribution in [3.8, 4) is 11.3 Å². The van der Waals surface area contributed by atoms with E-state index in [-0.39, 0.29) is 18.0 Å². The molecule has 2 atom stereocenters. The van der Waals surface area contributed by atoms with Gasteiger partial charge in [-0.05, 0) is 57.2 Å². The minimum Gasteiger partial charge on any atom is -0.455 e. The van der Waals surface area contributed by atoms with Crippen LogP contribution >= 0.6 is 11.6 Å². The summed E-state index contributed by atoms with van der Waals surface area (Å²) >= 11 is 5.90. The van der Waals surface area contributed by atoms with Gasteiger partial charge < -0.3 is 14.6 Å². The number of likely N-dealkylation sites (N-methyl/N-ethyl adjacent to an activating group) is 1. The Kier molecular flexibility index (Phi) is 5.85. The summed E-state index contributed by atoms with van der Waals surface area (Å²) in [5.41, 5.74) is 0.990. The van der Waals surface area contributed by atoms with E-state index in [0.29, 0.717) is 11.6 Å². The molecule has 1 unspecified atom stereocenters. The van der Waals surface area contributed by atoms with Gasteiger partial charge in [0.05, 0.1) is 7.05 Å². The second-order valence-electron chi connectivity index (χ2n) is 6.18. The number of carbonyl (C=O) groups is 1. The average molecular weight is 336 g/mol. The van der Waals surface area contributed by atoms with Crippen LogP contribution in [0.5, 0.6) is 0 Å². The van der Waals surface area contributed by atoms with Crippen LogP contribution in [0.15, 0.2) is 40.8 Å². The molecule has 2 rings (SSSR count). The van der Waals surface area contributed by atoms with Crippen LogP contribution in [0.4, 0.5) is 0 Å². The molecular formula is C18H24ClN2O2+. The van der Waals surface area contributed by atoms with Crippen molar-refractivity contribution in [1.82, 2.24) is 5.32 Å². The SMILES string of the molecule is CC(C)NC(=O)[C@@H](C)[NH+](C)Cc1ccc(-c2ccc(Cl)cc2)o1. The quantitative estimate of drug-likeness (QED) is 0.852. The first kappa shape index (κ1) is 17.6. The first-order valence-electron chi connectivity index (χ1n) is 7.84. The lowest BCUT2D eigenvalue weighted by atomic mass is 10.2. The summed E-state index contributed by atoms with van der Waals surface area (Å²) in [4.78, 5) is 13.2. The van der Waals surface area contributed by atoms with Gasteiger partial charge in [-0.2, -0.15) is 0 Å². The van der Waals surface area contributed by atoms with Crippen molar-refractivity contribution >= 4 is 17.5 Å². The summed E-state index contributed by atoms with van der Waals surface area (Å²) in [6, 6.07) is 11.5. The van der Waals surface area contributed by atoms with Gasteiger partial charge in [0.15, 0.2) is 11.8 Å². The summed E-state index contributed by atoms with van der Waals surface area (Å²) in [5.74, 6) is 1.72. The fraction of sp³-hybridized carbons (Fsp3) is 0.389. The largest absolute Gasteiger partial charge is 0.455 e. The molecule has 2 N–H and O–H groups in total. The first-order chi connectivity index (χ1) is 10.9. The van der Waals surface area contributed by atoms with E-state index in [2.05, 4.69) is 5.32 Å². The van der Waals surface area contributed by atoms with Gasteiger partial charge in [0, 0.05) is 16.6 Å². The van der Waals surface area contributed by atoms with Crippen LogP contribution in [0.1, 0.15) is 26.5 Å². The summed E-state index contributed by atoms with van der Waals surface area (Å²) in [6.07, 6.45) is 0. The molecular weight excluding hydrogens is 312 g/mol. The number of hydrogen-bond acceptors (Lipinski definition) is 2. The molecule has 0 saturated heterocycles. The minimum absolute atomic E-state index is 0.0574. The third kappa shape index (κ3) is 4.85. The molecule has 23 heavy (non-hydrogen) atoms. The molecule has 0 fully saturated rings. The lowest BCUT2D eigenvalue weighted by molar-refractivity contribution is -0.909. The maximum Gasteiger partial charge on any atom is 0.278 e. The van der Waals surface area contributed by atoms with E-state index < -0.39 is 0 Å². The van der Waals surface area contributed by atoms with E-state index in [9.17, 15) is 4.79 Å². The summed E-state index contributed by atoms with van der Waals surface area (Å²) in [7, 11) is 2.00. The van der Waals surface area contributed by atoms with Crippen molar-refractivity contribution in [2.75, 3.05) is 7.05 Å². The molecule has 5 heteroatoms. The van der Waals surface area contributed by atoms with Gasteiger partial charge in [0.1, 0.15) is 12.3 Å². The molecule has 0 spiro atoms. The maximum absolute atomic E-state index is 12.1. The zero-order valence-corrected chi connectivity index (χ0v) is 14.8. The number of rotatable bonds is 6. The molecule has 0 aliphatic carbocycles. The fourth-order valence-corrected chi connectivity index (χ4v) is 2.43. The van der Waals surface area contributed by atoms with Crippen LogP contribution in [-0.4, -0.2) is 25.0 Å². The van der Waals surface area contributed by atoms with Gasteiger partial charge in [0.2, 0.25) is 0 Å². The van der Waals surface area contributed by atoms with Gasteiger partial charge >= 0.3 is 0 Å². The normalized spacial score (nSPS) is 13.8. The van der Waals surface area contributed by atoms with Crippen molar-refractivity contribution in [3.63, 3.8) is 0 Å². The average Bonchev–Trinajstić information content (AvgIpc) is 2.94. The summed E-state index contributed by atoms with van der Waals surface area (Å²) in [5, 5.41) is 3.65. The number of furan rings is 1. The van der Waals surface area contributed by atoms with Gasteiger partial charge in [-0.1, -0.05) is 11.6 Å². The zero-order valence-electron chi connectivity index (χ0n) is 14.0. The highest BCUT2D eigenvalue weighted by Crippen LogP contribution is 2.23. The number of amides is 1. The molecule has 0 bridgehead atoms. The minimum atomic E-state index is -0.138. The van der Waals surface area contributed by atoms with E-state index in [1.165, 1.54) is 0 Å². The Morgan fingerprint density at radius 2 is 1.83 bits per heavy atom. The number of carbonyl (C=O) groups excluding carboxylic acids is 1. The predicted molar refractivity (Wildman–Crippen MR) is 92.5 cm³/mol. The summed E-state index contributed by atoms with van der Waals surface area (Å²) in [6.45, 7) is 6.51. The Morgan fingerprint density at radius 1 is 1.17 bits per heavy atom. The van der Waals surface area contributed by atoms with Crippen LogP contribution in [-0.2, 0) is 11.3 Å². The Hall–Kier alpha value is -1.78. The number of quaternary nitrogens is 1. The molecule has 0 aliphatic heterocycles. The number of benzene rings is 1. The van der Waals surface area contributed by atoms with Crippen LogP contribution in [0.2, 0.25) is 5.02 Å². The van der Waals surface area contributed by atoms with Crippen LogP contribution in [0, 0.1) is 0 Å². The smallest absolute Gasteiger partial charge is 0.278 e. The third-order valence-corrected chi connectivity index (χ3v) is 4.06. The molecule has 1 amide bonds. The molecule has 0 aliphatic rings. The monoisotopic (exact) mass is 335 g/mol. The lowest BCUT2D eigenvalue weighted by Crippen LogP contribution is -3.12. The second kappa shape index (κ2) is 7.66. The summed E-state index contributed by atoms with van der Waals surface area (Å²) < 4.78 is 5.90. The van der Waals surface area contributed by atoms with Crippen molar-refractivity contribution < 1.29 is 14.1 Å². The molecule has 1 aromatic heterocycles.